The molecule has 0 saturated carbocycles. The Hall–Kier alpha value is -1.62. The van der Waals surface area contributed by atoms with Crippen LogP contribution in [0.4, 0.5) is 0 Å². The van der Waals surface area contributed by atoms with Crippen molar-refractivity contribution in [2.24, 2.45) is 7.05 Å². The van der Waals surface area contributed by atoms with Crippen LogP contribution in [0.25, 0.3) is 0 Å². The Morgan fingerprint density at radius 2 is 2.38 bits per heavy atom. The predicted octanol–water partition coefficient (Wildman–Crippen LogP) is 2.04. The lowest BCUT2D eigenvalue weighted by atomic mass is 9.97. The van der Waals surface area contributed by atoms with Gasteiger partial charge in [-0.25, -0.2) is 0 Å². The minimum absolute atomic E-state index is 0.0924. The number of aromatic nitrogens is 2. The molecule has 2 heterocycles. The molecule has 5 nitrogen and oxygen atoms in total. The average Bonchev–Trinajstić information content (AvgIpc) is 2.87. The summed E-state index contributed by atoms with van der Waals surface area (Å²) >= 11 is 0. The Kier molecular flexibility index (Phi) is 4.39. The number of carbonyl (C=O) groups excluding carboxylic acids is 1. The molecule has 2 aliphatic rings. The second kappa shape index (κ2) is 6.43. The molecule has 0 bridgehead atoms. The zero-order chi connectivity index (χ0) is 14.7. The second-order valence-corrected chi connectivity index (χ2v) is 5.91. The van der Waals surface area contributed by atoms with Gasteiger partial charge in [-0.05, 0) is 37.7 Å². The first-order valence-electron chi connectivity index (χ1n) is 7.81. The normalized spacial score (nSPS) is 21.6. The molecule has 114 valence electrons. The highest BCUT2D eigenvalue weighted by molar-refractivity contribution is 5.78. The number of hydrogen-bond acceptors (Lipinski definition) is 3. The highest BCUT2D eigenvalue weighted by Gasteiger charge is 2.24. The molecule has 1 aromatic heterocycles. The third-order valence-electron chi connectivity index (χ3n) is 4.19. The summed E-state index contributed by atoms with van der Waals surface area (Å²) in [4.78, 5) is 12.0. The number of hydrogen-bond donors (Lipinski definition) is 1. The zero-order valence-corrected chi connectivity index (χ0v) is 12.6. The number of allylic oxidation sites excluding steroid dienone is 1. The quantitative estimate of drug-likeness (QED) is 0.863. The number of amides is 1. The van der Waals surface area contributed by atoms with E-state index in [0.717, 1.165) is 25.0 Å². The molecule has 1 amide bonds. The molecule has 0 fully saturated rings. The van der Waals surface area contributed by atoms with Gasteiger partial charge in [0.15, 0.2) is 0 Å². The van der Waals surface area contributed by atoms with E-state index < -0.39 is 0 Å². The van der Waals surface area contributed by atoms with Crippen LogP contribution in [0.3, 0.4) is 0 Å². The summed E-state index contributed by atoms with van der Waals surface area (Å²) < 4.78 is 7.57. The maximum Gasteiger partial charge on any atom is 0.224 e. The van der Waals surface area contributed by atoms with E-state index >= 15 is 0 Å². The molecule has 1 aromatic rings. The highest BCUT2D eigenvalue weighted by Crippen LogP contribution is 2.25. The van der Waals surface area contributed by atoms with Crippen molar-refractivity contribution in [2.45, 2.75) is 44.6 Å². The molecule has 0 spiro atoms. The first-order chi connectivity index (χ1) is 10.2. The van der Waals surface area contributed by atoms with Crippen molar-refractivity contribution >= 4 is 5.91 Å². The topological polar surface area (TPSA) is 56.2 Å². The summed E-state index contributed by atoms with van der Waals surface area (Å²) in [5.41, 5.74) is 3.49. The molecule has 1 aliphatic carbocycles. The summed E-state index contributed by atoms with van der Waals surface area (Å²) in [5, 5.41) is 7.45. The second-order valence-electron chi connectivity index (χ2n) is 5.91. The van der Waals surface area contributed by atoms with Crippen molar-refractivity contribution in [2.75, 3.05) is 13.2 Å². The maximum atomic E-state index is 12.0. The van der Waals surface area contributed by atoms with E-state index in [1.54, 1.807) is 0 Å². The van der Waals surface area contributed by atoms with Gasteiger partial charge >= 0.3 is 0 Å². The summed E-state index contributed by atoms with van der Waals surface area (Å²) in [5.74, 6) is 0.0924. The first kappa shape index (κ1) is 14.3. The smallest absolute Gasteiger partial charge is 0.224 e. The Balaban J connectivity index is 1.53. The highest BCUT2D eigenvalue weighted by atomic mass is 16.5. The molecular weight excluding hydrogens is 266 g/mol. The molecule has 0 aromatic carbocycles. The van der Waals surface area contributed by atoms with Crippen molar-refractivity contribution < 1.29 is 9.53 Å². The van der Waals surface area contributed by atoms with Crippen molar-refractivity contribution in [3.05, 3.63) is 29.1 Å². The number of nitrogens with zero attached hydrogens (tertiary/aromatic N) is 2. The SMILES string of the molecule is Cn1cc2c(n1)[C@@H](CNC(=O)CC1=CCCCC1)OCC2. The Morgan fingerprint density at radius 3 is 3.19 bits per heavy atom. The summed E-state index contributed by atoms with van der Waals surface area (Å²) in [6.07, 6.45) is 10.2. The third kappa shape index (κ3) is 3.53. The minimum Gasteiger partial charge on any atom is -0.370 e. The first-order valence-corrected chi connectivity index (χ1v) is 7.81. The molecule has 1 aliphatic heterocycles. The van der Waals surface area contributed by atoms with E-state index in [1.807, 2.05) is 17.9 Å². The van der Waals surface area contributed by atoms with Gasteiger partial charge in [-0.2, -0.15) is 5.10 Å². The lowest BCUT2D eigenvalue weighted by Gasteiger charge is -2.22. The number of fused-ring (bicyclic) bond motifs is 1. The fourth-order valence-corrected chi connectivity index (χ4v) is 3.10. The van der Waals surface area contributed by atoms with Gasteiger partial charge in [0.25, 0.3) is 0 Å². The Bertz CT molecular complexity index is 548. The summed E-state index contributed by atoms with van der Waals surface area (Å²) in [6, 6.07) is 0. The van der Waals surface area contributed by atoms with Gasteiger partial charge in [0.2, 0.25) is 5.91 Å². The molecule has 5 heteroatoms. The lowest BCUT2D eigenvalue weighted by Crippen LogP contribution is -2.32. The molecular formula is C16H23N3O2. The number of aryl methyl sites for hydroxylation is 1. The zero-order valence-electron chi connectivity index (χ0n) is 12.6. The van der Waals surface area contributed by atoms with Crippen LogP contribution in [-0.2, 0) is 23.0 Å². The molecule has 1 atom stereocenters. The monoisotopic (exact) mass is 289 g/mol. The van der Waals surface area contributed by atoms with Gasteiger partial charge in [0.05, 0.1) is 12.3 Å². The van der Waals surface area contributed by atoms with Crippen LogP contribution in [0.2, 0.25) is 0 Å². The van der Waals surface area contributed by atoms with Gasteiger partial charge in [-0.3, -0.25) is 9.48 Å². The number of rotatable bonds is 4. The number of carbonyl (C=O) groups is 1. The molecule has 0 unspecified atom stereocenters. The van der Waals surface area contributed by atoms with Crippen LogP contribution in [0.5, 0.6) is 0 Å². The van der Waals surface area contributed by atoms with E-state index in [2.05, 4.69) is 16.5 Å². The Labute approximate surface area is 125 Å². The van der Waals surface area contributed by atoms with E-state index in [0.29, 0.717) is 19.6 Å². The van der Waals surface area contributed by atoms with Crippen LogP contribution in [-0.4, -0.2) is 28.8 Å². The number of nitrogens with one attached hydrogen (secondary N) is 1. The van der Waals surface area contributed by atoms with E-state index in [4.69, 9.17) is 4.74 Å². The van der Waals surface area contributed by atoms with Crippen molar-refractivity contribution in [1.29, 1.82) is 0 Å². The molecule has 1 N–H and O–H groups in total. The maximum absolute atomic E-state index is 12.0. The van der Waals surface area contributed by atoms with Crippen LogP contribution < -0.4 is 5.32 Å². The van der Waals surface area contributed by atoms with Gasteiger partial charge in [-0.15, -0.1) is 0 Å². The van der Waals surface area contributed by atoms with E-state index in [1.165, 1.54) is 24.0 Å². The molecule has 21 heavy (non-hydrogen) atoms. The minimum atomic E-state index is -0.112. The van der Waals surface area contributed by atoms with Crippen LogP contribution in [0, 0.1) is 0 Å². The largest absolute Gasteiger partial charge is 0.370 e. The standard InChI is InChI=1S/C16H23N3O2/c1-19-11-13-7-8-21-14(16(13)18-19)10-17-15(20)9-12-5-3-2-4-6-12/h5,11,14H,2-4,6-10H2,1H3,(H,17,20)/t14-/m1/s1. The van der Waals surface area contributed by atoms with E-state index in [-0.39, 0.29) is 12.0 Å². The van der Waals surface area contributed by atoms with Gasteiger partial charge in [-0.1, -0.05) is 11.6 Å². The van der Waals surface area contributed by atoms with Crippen molar-refractivity contribution in [3.8, 4) is 0 Å². The Morgan fingerprint density at radius 1 is 1.48 bits per heavy atom. The van der Waals surface area contributed by atoms with E-state index in [9.17, 15) is 4.79 Å². The molecule has 3 rings (SSSR count). The van der Waals surface area contributed by atoms with Crippen LogP contribution in [0.15, 0.2) is 17.8 Å². The fraction of sp³-hybridized carbons (Fsp3) is 0.625. The summed E-state index contributed by atoms with van der Waals surface area (Å²) in [7, 11) is 1.92. The molecule has 0 radical (unpaired) electrons. The third-order valence-corrected chi connectivity index (χ3v) is 4.19. The van der Waals surface area contributed by atoms with Crippen molar-refractivity contribution in [3.63, 3.8) is 0 Å². The lowest BCUT2D eigenvalue weighted by molar-refractivity contribution is -0.121. The van der Waals surface area contributed by atoms with Gasteiger partial charge in [0.1, 0.15) is 6.10 Å². The molecule has 0 saturated heterocycles. The average molecular weight is 289 g/mol. The van der Waals surface area contributed by atoms with Crippen LogP contribution in [0.1, 0.15) is 49.5 Å². The van der Waals surface area contributed by atoms with Gasteiger partial charge in [0, 0.05) is 26.2 Å². The van der Waals surface area contributed by atoms with Crippen molar-refractivity contribution in [1.82, 2.24) is 15.1 Å². The predicted molar refractivity (Wildman–Crippen MR) is 79.8 cm³/mol. The van der Waals surface area contributed by atoms with Gasteiger partial charge < -0.3 is 10.1 Å². The fourth-order valence-electron chi connectivity index (χ4n) is 3.10. The number of ether oxygens (including phenoxy) is 1. The summed E-state index contributed by atoms with van der Waals surface area (Å²) in [6.45, 7) is 1.21. The van der Waals surface area contributed by atoms with Crippen LogP contribution >= 0.6 is 0 Å².